The van der Waals surface area contributed by atoms with E-state index in [9.17, 15) is 13.6 Å². The zero-order chi connectivity index (χ0) is 12.8. The molecule has 2 atom stereocenters. The summed E-state index contributed by atoms with van der Waals surface area (Å²) in [6.45, 7) is 4.73. The van der Waals surface area contributed by atoms with Gasteiger partial charge in [-0.25, -0.2) is 4.79 Å². The minimum atomic E-state index is -2.34. The van der Waals surface area contributed by atoms with E-state index in [-0.39, 0.29) is 12.2 Å². The minimum Gasteiger partial charge on any atom is -0.772 e. The van der Waals surface area contributed by atoms with E-state index in [0.717, 1.165) is 0 Å². The molecule has 0 heterocycles. The van der Waals surface area contributed by atoms with E-state index in [0.29, 0.717) is 5.56 Å². The zero-order valence-corrected chi connectivity index (χ0v) is 10.2. The fourth-order valence-electron chi connectivity index (χ4n) is 1.21. The normalized spacial score (nSPS) is 13.8. The lowest BCUT2D eigenvalue weighted by atomic mass is 10.1. The van der Waals surface area contributed by atoms with Crippen molar-refractivity contribution in [3.63, 3.8) is 0 Å². The van der Waals surface area contributed by atoms with E-state index in [4.69, 9.17) is 4.74 Å². The van der Waals surface area contributed by atoms with E-state index in [1.807, 2.05) is 0 Å². The number of carbonyl (C=O) groups is 1. The third kappa shape index (κ3) is 4.13. The van der Waals surface area contributed by atoms with Crippen LogP contribution < -0.4 is 0 Å². The molecule has 92 valence electrons. The third-order valence-electron chi connectivity index (χ3n) is 2.12. The van der Waals surface area contributed by atoms with Gasteiger partial charge in [0.1, 0.15) is 6.61 Å². The van der Waals surface area contributed by atoms with Crippen LogP contribution >= 0.6 is 0 Å². The summed E-state index contributed by atoms with van der Waals surface area (Å²) >= 11 is -2.34. The van der Waals surface area contributed by atoms with Gasteiger partial charge in [0, 0.05) is 5.57 Å². The molecule has 1 rings (SSSR count). The largest absolute Gasteiger partial charge is 0.772 e. The van der Waals surface area contributed by atoms with Gasteiger partial charge in [0.2, 0.25) is 0 Å². The lowest BCUT2D eigenvalue weighted by Gasteiger charge is -2.19. The van der Waals surface area contributed by atoms with E-state index < -0.39 is 22.3 Å². The molecule has 1 aromatic rings. The SMILES string of the molecule is C=C(C)C(=O)OCC(c1ccccc1)S(=O)[O-]. The Bertz CT molecular complexity index is 427. The molecule has 0 N–H and O–H groups in total. The highest BCUT2D eigenvalue weighted by atomic mass is 32.2. The number of hydrogen-bond acceptors (Lipinski definition) is 4. The van der Waals surface area contributed by atoms with Crippen molar-refractivity contribution in [1.82, 2.24) is 0 Å². The van der Waals surface area contributed by atoms with Crippen LogP contribution in [0.25, 0.3) is 0 Å². The zero-order valence-electron chi connectivity index (χ0n) is 9.42. The first-order valence-corrected chi connectivity index (χ1v) is 6.12. The Hall–Kier alpha value is -1.46. The van der Waals surface area contributed by atoms with Crippen molar-refractivity contribution in [2.24, 2.45) is 0 Å². The molecule has 0 amide bonds. The minimum absolute atomic E-state index is 0.203. The van der Waals surface area contributed by atoms with Crippen LogP contribution in [-0.2, 0) is 20.6 Å². The molecule has 2 unspecified atom stereocenters. The monoisotopic (exact) mass is 253 g/mol. The summed E-state index contributed by atoms with van der Waals surface area (Å²) in [6, 6.07) is 8.60. The van der Waals surface area contributed by atoms with Crippen molar-refractivity contribution in [2.45, 2.75) is 12.2 Å². The lowest BCUT2D eigenvalue weighted by Crippen LogP contribution is -2.16. The molecule has 0 fully saturated rings. The highest BCUT2D eigenvalue weighted by Gasteiger charge is 2.15. The Morgan fingerprint density at radius 1 is 1.47 bits per heavy atom. The van der Waals surface area contributed by atoms with Crippen LogP contribution in [0.4, 0.5) is 0 Å². The Kier molecular flexibility index (Phi) is 5.06. The van der Waals surface area contributed by atoms with Crippen molar-refractivity contribution in [3.05, 3.63) is 48.0 Å². The quantitative estimate of drug-likeness (QED) is 0.455. The second kappa shape index (κ2) is 6.32. The van der Waals surface area contributed by atoms with Gasteiger partial charge >= 0.3 is 5.97 Å². The summed E-state index contributed by atoms with van der Waals surface area (Å²) < 4.78 is 27.0. The smallest absolute Gasteiger partial charge is 0.333 e. The predicted molar refractivity (Wildman–Crippen MR) is 63.9 cm³/mol. The van der Waals surface area contributed by atoms with Gasteiger partial charge in [-0.3, -0.25) is 4.21 Å². The van der Waals surface area contributed by atoms with E-state index in [1.54, 1.807) is 30.3 Å². The van der Waals surface area contributed by atoms with Crippen LogP contribution in [0.3, 0.4) is 0 Å². The highest BCUT2D eigenvalue weighted by molar-refractivity contribution is 7.79. The summed E-state index contributed by atoms with van der Waals surface area (Å²) in [5, 5.41) is -0.848. The third-order valence-corrected chi connectivity index (χ3v) is 2.99. The summed E-state index contributed by atoms with van der Waals surface area (Å²) in [4.78, 5) is 11.2. The van der Waals surface area contributed by atoms with E-state index in [1.165, 1.54) is 6.92 Å². The topological polar surface area (TPSA) is 66.4 Å². The lowest BCUT2D eigenvalue weighted by molar-refractivity contribution is -0.138. The Balaban J connectivity index is 2.72. The number of hydrogen-bond donors (Lipinski definition) is 0. The highest BCUT2D eigenvalue weighted by Crippen LogP contribution is 2.19. The maximum atomic E-state index is 11.2. The fraction of sp³-hybridized carbons (Fsp3) is 0.250. The van der Waals surface area contributed by atoms with Crippen LogP contribution in [0.15, 0.2) is 42.5 Å². The van der Waals surface area contributed by atoms with Crippen LogP contribution in [0.1, 0.15) is 17.7 Å². The first-order chi connectivity index (χ1) is 8.02. The average molecular weight is 253 g/mol. The summed E-state index contributed by atoms with van der Waals surface area (Å²) in [7, 11) is 0. The van der Waals surface area contributed by atoms with Crippen LogP contribution in [-0.4, -0.2) is 21.3 Å². The molecule has 0 saturated carbocycles. The number of benzene rings is 1. The van der Waals surface area contributed by atoms with Gasteiger partial charge < -0.3 is 9.29 Å². The summed E-state index contributed by atoms with van der Waals surface area (Å²) in [5.41, 5.74) is 0.837. The number of esters is 1. The first-order valence-electron chi connectivity index (χ1n) is 4.98. The molecule has 0 bridgehead atoms. The number of ether oxygens (including phenoxy) is 1. The van der Waals surface area contributed by atoms with Crippen molar-refractivity contribution < 1.29 is 18.3 Å². The molecule has 5 heteroatoms. The Morgan fingerprint density at radius 2 is 2.06 bits per heavy atom. The number of carbonyl (C=O) groups excluding carboxylic acids is 1. The average Bonchev–Trinajstić information content (AvgIpc) is 2.29. The van der Waals surface area contributed by atoms with Crippen LogP contribution in [0.5, 0.6) is 0 Å². The van der Waals surface area contributed by atoms with Gasteiger partial charge in [0.25, 0.3) is 0 Å². The van der Waals surface area contributed by atoms with Gasteiger partial charge in [-0.2, -0.15) is 0 Å². The van der Waals surface area contributed by atoms with Crippen molar-refractivity contribution >= 4 is 17.0 Å². The molecule has 0 aliphatic carbocycles. The maximum Gasteiger partial charge on any atom is 0.333 e. The Morgan fingerprint density at radius 3 is 2.53 bits per heavy atom. The van der Waals surface area contributed by atoms with Crippen molar-refractivity contribution in [3.8, 4) is 0 Å². The fourth-order valence-corrected chi connectivity index (χ4v) is 1.76. The molecular weight excluding hydrogens is 240 g/mol. The van der Waals surface area contributed by atoms with E-state index in [2.05, 4.69) is 6.58 Å². The predicted octanol–water partition coefficient (Wildman–Crippen LogP) is 1.73. The molecule has 0 spiro atoms. The molecule has 0 aromatic heterocycles. The molecule has 0 radical (unpaired) electrons. The van der Waals surface area contributed by atoms with Crippen LogP contribution in [0.2, 0.25) is 0 Å². The maximum absolute atomic E-state index is 11.2. The van der Waals surface area contributed by atoms with Crippen molar-refractivity contribution in [1.29, 1.82) is 0 Å². The van der Waals surface area contributed by atoms with Crippen LogP contribution in [0, 0.1) is 0 Å². The van der Waals surface area contributed by atoms with Gasteiger partial charge in [-0.15, -0.1) is 0 Å². The van der Waals surface area contributed by atoms with Gasteiger partial charge in [0.05, 0.1) is 5.25 Å². The van der Waals surface area contributed by atoms with Gasteiger partial charge in [0.15, 0.2) is 0 Å². The molecule has 4 nitrogen and oxygen atoms in total. The molecule has 0 aliphatic rings. The molecule has 17 heavy (non-hydrogen) atoms. The first kappa shape index (κ1) is 13.6. The number of rotatable bonds is 5. The molecule has 0 aliphatic heterocycles. The second-order valence-electron chi connectivity index (χ2n) is 3.54. The van der Waals surface area contributed by atoms with E-state index >= 15 is 0 Å². The molecule has 0 saturated heterocycles. The second-order valence-corrected chi connectivity index (χ2v) is 4.63. The van der Waals surface area contributed by atoms with Gasteiger partial charge in [-0.05, 0) is 23.6 Å². The van der Waals surface area contributed by atoms with Gasteiger partial charge in [-0.1, -0.05) is 36.9 Å². The summed E-state index contributed by atoms with van der Waals surface area (Å²) in [6.07, 6.45) is 0. The molecular formula is C12H13O4S-. The summed E-state index contributed by atoms with van der Waals surface area (Å²) in [5.74, 6) is -0.587. The standard InChI is InChI=1S/C12H14O4S/c1-9(2)12(13)16-8-11(17(14)15)10-6-4-3-5-7-10/h3-7,11H,1,8H2,2H3,(H,14,15)/p-1. The Labute approximate surface area is 103 Å². The van der Waals surface area contributed by atoms with Crippen molar-refractivity contribution in [2.75, 3.05) is 6.61 Å². The molecule has 1 aromatic carbocycles.